The summed E-state index contributed by atoms with van der Waals surface area (Å²) in [5.41, 5.74) is 1.86. The van der Waals surface area contributed by atoms with Crippen LogP contribution < -0.4 is 0 Å². The Labute approximate surface area is 98.3 Å². The topological polar surface area (TPSA) is 20.3 Å². The van der Waals surface area contributed by atoms with E-state index in [1.807, 2.05) is 43.1 Å². The third-order valence-electron chi connectivity index (χ3n) is 3.19. The molecule has 0 bridgehead atoms. The number of hydrogen-bond donors (Lipinski definition) is 0. The number of benzene rings is 1. The Balaban J connectivity index is 2.90. The zero-order valence-electron chi connectivity index (χ0n) is 10.7. The van der Waals surface area contributed by atoms with E-state index in [1.165, 1.54) is 0 Å². The fourth-order valence-electron chi connectivity index (χ4n) is 2.01. The van der Waals surface area contributed by atoms with Crippen LogP contribution in [0.25, 0.3) is 0 Å². The average Bonchev–Trinajstić information content (AvgIpc) is 2.30. The van der Waals surface area contributed by atoms with Gasteiger partial charge < -0.3 is 4.90 Å². The molecule has 1 aromatic rings. The summed E-state index contributed by atoms with van der Waals surface area (Å²) in [6, 6.07) is 8.10. The maximum absolute atomic E-state index is 12.3. The zero-order chi connectivity index (χ0) is 12.1. The second-order valence-corrected chi connectivity index (χ2v) is 4.20. The predicted molar refractivity (Wildman–Crippen MR) is 67.6 cm³/mol. The molecule has 0 saturated carbocycles. The second-order valence-electron chi connectivity index (χ2n) is 4.20. The SMILES string of the molecule is CCC(CC)N(C)C(=O)c1ccccc1C. The van der Waals surface area contributed by atoms with Gasteiger partial charge in [-0.3, -0.25) is 4.79 Å². The van der Waals surface area contributed by atoms with Gasteiger partial charge in [-0.05, 0) is 31.4 Å². The predicted octanol–water partition coefficient (Wildman–Crippen LogP) is 3.26. The zero-order valence-corrected chi connectivity index (χ0v) is 10.7. The molecule has 0 saturated heterocycles. The quantitative estimate of drug-likeness (QED) is 0.761. The maximum Gasteiger partial charge on any atom is 0.254 e. The van der Waals surface area contributed by atoms with Crippen LogP contribution in [0.1, 0.15) is 42.6 Å². The summed E-state index contributed by atoms with van der Waals surface area (Å²) in [5, 5.41) is 0. The molecule has 2 heteroatoms. The molecule has 16 heavy (non-hydrogen) atoms. The van der Waals surface area contributed by atoms with E-state index in [-0.39, 0.29) is 5.91 Å². The number of carbonyl (C=O) groups excluding carboxylic acids is 1. The lowest BCUT2D eigenvalue weighted by molar-refractivity contribution is 0.0723. The van der Waals surface area contributed by atoms with Crippen molar-refractivity contribution in [1.82, 2.24) is 4.90 Å². The van der Waals surface area contributed by atoms with Gasteiger partial charge in [-0.25, -0.2) is 0 Å². The van der Waals surface area contributed by atoms with E-state index >= 15 is 0 Å². The van der Waals surface area contributed by atoms with Crippen LogP contribution in [0, 0.1) is 6.92 Å². The molecule has 0 aliphatic heterocycles. The Morgan fingerprint density at radius 2 is 1.81 bits per heavy atom. The summed E-state index contributed by atoms with van der Waals surface area (Å²) in [6.45, 7) is 6.22. The van der Waals surface area contributed by atoms with Crippen molar-refractivity contribution in [3.8, 4) is 0 Å². The molecule has 1 aromatic carbocycles. The van der Waals surface area contributed by atoms with Crippen molar-refractivity contribution in [2.75, 3.05) is 7.05 Å². The summed E-state index contributed by atoms with van der Waals surface area (Å²) in [4.78, 5) is 14.1. The van der Waals surface area contributed by atoms with Gasteiger partial charge in [0, 0.05) is 18.7 Å². The van der Waals surface area contributed by atoms with E-state index < -0.39 is 0 Å². The van der Waals surface area contributed by atoms with E-state index in [0.717, 1.165) is 24.0 Å². The lowest BCUT2D eigenvalue weighted by Crippen LogP contribution is -2.36. The molecule has 0 atom stereocenters. The molecule has 0 aliphatic carbocycles. The number of rotatable bonds is 4. The van der Waals surface area contributed by atoms with Gasteiger partial charge in [-0.2, -0.15) is 0 Å². The van der Waals surface area contributed by atoms with Crippen LogP contribution in [0.3, 0.4) is 0 Å². The Kier molecular flexibility index (Phi) is 4.53. The molecule has 1 rings (SSSR count). The van der Waals surface area contributed by atoms with Gasteiger partial charge in [0.05, 0.1) is 0 Å². The fourth-order valence-corrected chi connectivity index (χ4v) is 2.01. The van der Waals surface area contributed by atoms with Crippen LogP contribution in [0.2, 0.25) is 0 Å². The van der Waals surface area contributed by atoms with E-state index in [4.69, 9.17) is 0 Å². The van der Waals surface area contributed by atoms with Crippen molar-refractivity contribution in [2.45, 2.75) is 39.7 Å². The highest BCUT2D eigenvalue weighted by Crippen LogP contribution is 2.14. The number of amides is 1. The highest BCUT2D eigenvalue weighted by atomic mass is 16.2. The molecule has 0 heterocycles. The number of carbonyl (C=O) groups is 1. The summed E-state index contributed by atoms with van der Waals surface area (Å²) < 4.78 is 0. The Hall–Kier alpha value is -1.31. The standard InChI is InChI=1S/C14H21NO/c1-5-12(6-2)15(4)14(16)13-10-8-7-9-11(13)3/h7-10,12H,5-6H2,1-4H3. The first-order chi connectivity index (χ1) is 7.61. The lowest BCUT2D eigenvalue weighted by Gasteiger charge is -2.26. The van der Waals surface area contributed by atoms with Crippen molar-refractivity contribution in [1.29, 1.82) is 0 Å². The van der Waals surface area contributed by atoms with Gasteiger partial charge in [-0.1, -0.05) is 32.0 Å². The minimum Gasteiger partial charge on any atom is -0.339 e. The van der Waals surface area contributed by atoms with Crippen LogP contribution in [0.4, 0.5) is 0 Å². The summed E-state index contributed by atoms with van der Waals surface area (Å²) in [6.07, 6.45) is 2.01. The van der Waals surface area contributed by atoms with Crippen LogP contribution in [-0.4, -0.2) is 23.9 Å². The molecular weight excluding hydrogens is 198 g/mol. The van der Waals surface area contributed by atoms with Crippen LogP contribution in [-0.2, 0) is 0 Å². The van der Waals surface area contributed by atoms with E-state index in [1.54, 1.807) is 0 Å². The molecule has 0 aromatic heterocycles. The lowest BCUT2D eigenvalue weighted by atomic mass is 10.1. The summed E-state index contributed by atoms with van der Waals surface area (Å²) in [5.74, 6) is 0.131. The van der Waals surface area contributed by atoms with Gasteiger partial charge >= 0.3 is 0 Å². The van der Waals surface area contributed by atoms with Crippen molar-refractivity contribution in [3.05, 3.63) is 35.4 Å². The molecule has 0 unspecified atom stereocenters. The molecule has 0 spiro atoms. The second kappa shape index (κ2) is 5.69. The molecule has 0 N–H and O–H groups in total. The number of aryl methyl sites for hydroxylation is 1. The highest BCUT2D eigenvalue weighted by Gasteiger charge is 2.19. The molecule has 1 amide bonds. The first-order valence-electron chi connectivity index (χ1n) is 5.94. The molecule has 88 valence electrons. The van der Waals surface area contributed by atoms with Gasteiger partial charge in [0.15, 0.2) is 0 Å². The largest absolute Gasteiger partial charge is 0.339 e. The van der Waals surface area contributed by atoms with Gasteiger partial charge in [0.25, 0.3) is 5.91 Å². The van der Waals surface area contributed by atoms with Crippen LogP contribution in [0.15, 0.2) is 24.3 Å². The van der Waals surface area contributed by atoms with E-state index in [0.29, 0.717) is 6.04 Å². The van der Waals surface area contributed by atoms with Gasteiger partial charge in [-0.15, -0.1) is 0 Å². The van der Waals surface area contributed by atoms with Crippen molar-refractivity contribution < 1.29 is 4.79 Å². The van der Waals surface area contributed by atoms with Crippen LogP contribution in [0.5, 0.6) is 0 Å². The average molecular weight is 219 g/mol. The fraction of sp³-hybridized carbons (Fsp3) is 0.500. The normalized spacial score (nSPS) is 10.6. The maximum atomic E-state index is 12.3. The molecule has 2 nitrogen and oxygen atoms in total. The summed E-state index contributed by atoms with van der Waals surface area (Å²) >= 11 is 0. The summed E-state index contributed by atoms with van der Waals surface area (Å²) in [7, 11) is 1.90. The molecule has 0 fully saturated rings. The Bertz CT molecular complexity index is 356. The Morgan fingerprint density at radius 1 is 1.25 bits per heavy atom. The first kappa shape index (κ1) is 12.8. The first-order valence-corrected chi connectivity index (χ1v) is 5.94. The third kappa shape index (κ3) is 2.63. The van der Waals surface area contributed by atoms with Gasteiger partial charge in [0.2, 0.25) is 0 Å². The van der Waals surface area contributed by atoms with Crippen molar-refractivity contribution in [3.63, 3.8) is 0 Å². The molecule has 0 aliphatic rings. The van der Waals surface area contributed by atoms with E-state index in [9.17, 15) is 4.79 Å². The van der Waals surface area contributed by atoms with Crippen LogP contribution >= 0.6 is 0 Å². The number of nitrogens with zero attached hydrogens (tertiary/aromatic N) is 1. The highest BCUT2D eigenvalue weighted by molar-refractivity contribution is 5.95. The Morgan fingerprint density at radius 3 is 2.31 bits per heavy atom. The number of hydrogen-bond acceptors (Lipinski definition) is 1. The van der Waals surface area contributed by atoms with Gasteiger partial charge in [0.1, 0.15) is 0 Å². The van der Waals surface area contributed by atoms with E-state index in [2.05, 4.69) is 13.8 Å². The smallest absolute Gasteiger partial charge is 0.254 e. The molecular formula is C14H21NO. The third-order valence-corrected chi connectivity index (χ3v) is 3.19. The monoisotopic (exact) mass is 219 g/mol. The molecule has 0 radical (unpaired) electrons. The minimum atomic E-state index is 0.131. The van der Waals surface area contributed by atoms with Crippen molar-refractivity contribution in [2.24, 2.45) is 0 Å². The minimum absolute atomic E-state index is 0.131. The van der Waals surface area contributed by atoms with Crippen molar-refractivity contribution >= 4 is 5.91 Å².